The highest BCUT2D eigenvalue weighted by Gasteiger charge is 2.07. The average Bonchev–Trinajstić information content (AvgIpc) is 2.37. The lowest BCUT2D eigenvalue weighted by Gasteiger charge is -2.16. The first-order valence-electron chi connectivity index (χ1n) is 6.50. The number of hydrogen-bond acceptors (Lipinski definition) is 4. The van der Waals surface area contributed by atoms with Crippen LogP contribution in [0.3, 0.4) is 0 Å². The fourth-order valence-corrected chi connectivity index (χ4v) is 2.73. The van der Waals surface area contributed by atoms with Crippen LogP contribution in [0.15, 0.2) is 29.2 Å². The maximum Gasteiger partial charge on any atom is 0.221 e. The molecule has 1 aromatic carbocycles. The molecule has 0 radical (unpaired) electrons. The van der Waals surface area contributed by atoms with Crippen molar-refractivity contribution in [2.24, 2.45) is 0 Å². The number of carbonyl (C=O) groups excluding carboxylic acids is 1. The predicted octanol–water partition coefficient (Wildman–Crippen LogP) is 2.10. The van der Waals surface area contributed by atoms with Crippen LogP contribution in [0.2, 0.25) is 0 Å². The summed E-state index contributed by atoms with van der Waals surface area (Å²) in [4.78, 5) is 12.1. The molecule has 5 heteroatoms. The maximum atomic E-state index is 10.9. The van der Waals surface area contributed by atoms with E-state index in [1.54, 1.807) is 11.8 Å². The van der Waals surface area contributed by atoms with Gasteiger partial charge in [-0.3, -0.25) is 4.79 Å². The minimum atomic E-state index is -0.0597. The number of thioether (sulfide) groups is 1. The highest BCUT2D eigenvalue weighted by atomic mass is 32.2. The van der Waals surface area contributed by atoms with Crippen LogP contribution in [-0.2, 0) is 4.79 Å². The van der Waals surface area contributed by atoms with E-state index in [0.717, 1.165) is 29.3 Å². The molecule has 0 spiro atoms. The Labute approximate surface area is 119 Å². The molecule has 1 rings (SSSR count). The van der Waals surface area contributed by atoms with E-state index in [0.29, 0.717) is 6.04 Å². The van der Waals surface area contributed by atoms with E-state index in [2.05, 4.69) is 17.6 Å². The molecule has 0 fully saturated rings. The van der Waals surface area contributed by atoms with E-state index >= 15 is 0 Å². The topological polar surface area (TPSA) is 61.4 Å². The Hall–Kier alpha value is -1.04. The second-order valence-corrected chi connectivity index (χ2v) is 5.38. The first-order chi connectivity index (χ1) is 9.15. The molecular weight excluding hydrogens is 260 g/mol. The van der Waals surface area contributed by atoms with E-state index in [4.69, 9.17) is 5.11 Å². The van der Waals surface area contributed by atoms with Crippen LogP contribution in [0.25, 0.3) is 0 Å². The minimum Gasteiger partial charge on any atom is -0.396 e. The minimum absolute atomic E-state index is 0.0597. The van der Waals surface area contributed by atoms with Crippen LogP contribution in [0, 0.1) is 0 Å². The van der Waals surface area contributed by atoms with Gasteiger partial charge in [0.05, 0.1) is 0 Å². The number of aliphatic hydroxyl groups is 1. The highest BCUT2D eigenvalue weighted by molar-refractivity contribution is 7.99. The largest absolute Gasteiger partial charge is 0.396 e. The third kappa shape index (κ3) is 6.61. The van der Waals surface area contributed by atoms with Crippen LogP contribution >= 0.6 is 11.8 Å². The first-order valence-corrected chi connectivity index (χ1v) is 7.49. The van der Waals surface area contributed by atoms with Crippen molar-refractivity contribution in [3.63, 3.8) is 0 Å². The van der Waals surface area contributed by atoms with Crippen molar-refractivity contribution in [3.8, 4) is 0 Å². The van der Waals surface area contributed by atoms with Gasteiger partial charge in [0.2, 0.25) is 5.91 Å². The molecular formula is C14H22N2O2S. The lowest BCUT2D eigenvalue weighted by atomic mass is 10.2. The van der Waals surface area contributed by atoms with Crippen LogP contribution < -0.4 is 10.6 Å². The Morgan fingerprint density at radius 2 is 2.05 bits per heavy atom. The van der Waals surface area contributed by atoms with Crippen LogP contribution in [-0.4, -0.2) is 36.0 Å². The molecule has 19 heavy (non-hydrogen) atoms. The molecule has 1 amide bonds. The maximum absolute atomic E-state index is 10.9. The van der Waals surface area contributed by atoms with Gasteiger partial charge in [-0.2, -0.15) is 0 Å². The predicted molar refractivity (Wildman–Crippen MR) is 80.6 cm³/mol. The Balaban J connectivity index is 2.45. The number of carbonyl (C=O) groups is 1. The molecule has 0 bridgehead atoms. The lowest BCUT2D eigenvalue weighted by molar-refractivity contribution is -0.114. The van der Waals surface area contributed by atoms with E-state index < -0.39 is 0 Å². The molecule has 0 saturated heterocycles. The lowest BCUT2D eigenvalue weighted by Crippen LogP contribution is -2.31. The average molecular weight is 282 g/mol. The van der Waals surface area contributed by atoms with Crippen LogP contribution in [0.1, 0.15) is 20.3 Å². The van der Waals surface area contributed by atoms with E-state index in [9.17, 15) is 4.79 Å². The van der Waals surface area contributed by atoms with Gasteiger partial charge in [-0.1, -0.05) is 6.92 Å². The molecule has 0 aromatic heterocycles. The molecule has 0 aliphatic carbocycles. The normalized spacial score (nSPS) is 12.2. The quantitative estimate of drug-likeness (QED) is 0.639. The van der Waals surface area contributed by atoms with Crippen LogP contribution in [0.5, 0.6) is 0 Å². The molecule has 4 nitrogen and oxygen atoms in total. The summed E-state index contributed by atoms with van der Waals surface area (Å²) in [7, 11) is 0. The zero-order chi connectivity index (χ0) is 14.1. The summed E-state index contributed by atoms with van der Waals surface area (Å²) in [5, 5.41) is 15.1. The molecule has 1 aromatic rings. The third-order valence-corrected chi connectivity index (χ3v) is 3.77. The number of nitrogens with one attached hydrogen (secondary N) is 2. The summed E-state index contributed by atoms with van der Waals surface area (Å²) in [6.07, 6.45) is 0.769. The second kappa shape index (κ2) is 8.96. The van der Waals surface area contributed by atoms with Gasteiger partial charge in [-0.25, -0.2) is 0 Å². The van der Waals surface area contributed by atoms with E-state index in [1.807, 2.05) is 24.3 Å². The summed E-state index contributed by atoms with van der Waals surface area (Å²) < 4.78 is 0. The summed E-state index contributed by atoms with van der Waals surface area (Å²) in [6.45, 7) is 4.68. The monoisotopic (exact) mass is 282 g/mol. The van der Waals surface area contributed by atoms with Gasteiger partial charge in [0.25, 0.3) is 0 Å². The van der Waals surface area contributed by atoms with Crippen molar-refractivity contribution < 1.29 is 9.90 Å². The van der Waals surface area contributed by atoms with Gasteiger partial charge in [-0.15, -0.1) is 11.8 Å². The summed E-state index contributed by atoms with van der Waals surface area (Å²) in [5.41, 5.74) is 0.815. The smallest absolute Gasteiger partial charge is 0.221 e. The van der Waals surface area contributed by atoms with Gasteiger partial charge in [-0.05, 0) is 37.2 Å². The van der Waals surface area contributed by atoms with Gasteiger partial charge >= 0.3 is 0 Å². The Morgan fingerprint density at radius 3 is 2.58 bits per heavy atom. The zero-order valence-corrected chi connectivity index (χ0v) is 12.3. The van der Waals surface area contributed by atoms with Crippen molar-refractivity contribution >= 4 is 23.4 Å². The summed E-state index contributed by atoms with van der Waals surface area (Å²) in [6, 6.07) is 8.13. The van der Waals surface area contributed by atoms with Crippen molar-refractivity contribution in [3.05, 3.63) is 24.3 Å². The number of anilines is 1. The Morgan fingerprint density at radius 1 is 1.37 bits per heavy atom. The third-order valence-electron chi connectivity index (χ3n) is 2.60. The summed E-state index contributed by atoms with van der Waals surface area (Å²) >= 11 is 1.75. The van der Waals surface area contributed by atoms with Crippen molar-refractivity contribution in [1.29, 1.82) is 0 Å². The molecule has 0 heterocycles. The van der Waals surface area contributed by atoms with Gasteiger partial charge < -0.3 is 15.7 Å². The first kappa shape index (κ1) is 16.0. The van der Waals surface area contributed by atoms with Gasteiger partial charge in [0.15, 0.2) is 0 Å². The Bertz CT molecular complexity index is 376. The number of amides is 1. The molecule has 0 aliphatic heterocycles. The highest BCUT2D eigenvalue weighted by Crippen LogP contribution is 2.21. The van der Waals surface area contributed by atoms with Crippen molar-refractivity contribution in [2.75, 3.05) is 24.2 Å². The molecule has 0 aliphatic rings. The van der Waals surface area contributed by atoms with E-state index in [-0.39, 0.29) is 12.5 Å². The van der Waals surface area contributed by atoms with Crippen LogP contribution in [0.4, 0.5) is 5.69 Å². The van der Waals surface area contributed by atoms with Crippen molar-refractivity contribution in [2.45, 2.75) is 31.2 Å². The Kier molecular flexibility index (Phi) is 7.55. The second-order valence-electron chi connectivity index (χ2n) is 4.28. The fourth-order valence-electron chi connectivity index (χ4n) is 1.72. The SMILES string of the molecule is CCNC(CCO)CSc1ccc(NC(C)=O)cc1. The number of hydrogen-bond donors (Lipinski definition) is 3. The fraction of sp³-hybridized carbons (Fsp3) is 0.500. The molecule has 1 atom stereocenters. The molecule has 106 valence electrons. The standard InChI is InChI=1S/C14H22N2O2S/c1-3-15-13(8-9-17)10-19-14-6-4-12(5-7-14)16-11(2)18/h4-7,13,15,17H,3,8-10H2,1-2H3,(H,16,18). The number of benzene rings is 1. The van der Waals surface area contributed by atoms with Crippen molar-refractivity contribution in [1.82, 2.24) is 5.32 Å². The molecule has 0 saturated carbocycles. The van der Waals surface area contributed by atoms with Gasteiger partial charge in [0.1, 0.15) is 0 Å². The number of rotatable bonds is 8. The molecule has 1 unspecified atom stereocenters. The summed E-state index contributed by atoms with van der Waals surface area (Å²) in [5.74, 6) is 0.865. The number of aliphatic hydroxyl groups excluding tert-OH is 1. The van der Waals surface area contributed by atoms with Gasteiger partial charge in [0, 0.05) is 35.9 Å². The van der Waals surface area contributed by atoms with E-state index in [1.165, 1.54) is 6.92 Å². The zero-order valence-electron chi connectivity index (χ0n) is 11.5. The molecule has 3 N–H and O–H groups in total.